The highest BCUT2D eigenvalue weighted by molar-refractivity contribution is 7.13. The molecule has 0 radical (unpaired) electrons. The minimum Gasteiger partial charge on any atom is -0.504 e. The number of nitrogens with zero attached hydrogens (tertiary/aromatic N) is 3. The lowest BCUT2D eigenvalue weighted by molar-refractivity contribution is 0.373. The van der Waals surface area contributed by atoms with Gasteiger partial charge in [0.05, 0.1) is 30.1 Å². The zero-order chi connectivity index (χ0) is 15.8. The molecule has 0 atom stereocenters. The normalized spacial score (nSPS) is 11.0. The summed E-state index contributed by atoms with van der Waals surface area (Å²) in [7, 11) is 1.53. The maximum atomic E-state index is 9.92. The molecular weight excluding hydrogens is 310 g/mol. The predicted octanol–water partition coefficient (Wildman–Crippen LogP) is 3.84. The number of thiazole rings is 1. The van der Waals surface area contributed by atoms with E-state index in [1.165, 1.54) is 7.11 Å². The molecule has 0 aliphatic rings. The molecule has 6 heteroatoms. The maximum Gasteiger partial charge on any atom is 0.160 e. The number of benzene rings is 1. The molecule has 0 bridgehead atoms. The van der Waals surface area contributed by atoms with Crippen LogP contribution < -0.4 is 4.74 Å². The molecule has 4 aromatic rings. The van der Waals surface area contributed by atoms with E-state index in [1.807, 2.05) is 46.6 Å². The summed E-state index contributed by atoms with van der Waals surface area (Å²) in [5.74, 6) is 0.558. The quantitative estimate of drug-likeness (QED) is 0.622. The lowest BCUT2D eigenvalue weighted by Gasteiger charge is -2.04. The molecule has 23 heavy (non-hydrogen) atoms. The molecule has 0 amide bonds. The molecule has 0 aliphatic carbocycles. The first-order chi connectivity index (χ1) is 11.3. The van der Waals surface area contributed by atoms with Gasteiger partial charge in [-0.25, -0.2) is 9.50 Å². The molecule has 3 heterocycles. The molecule has 0 saturated heterocycles. The van der Waals surface area contributed by atoms with Gasteiger partial charge in [-0.05, 0) is 30.3 Å². The summed E-state index contributed by atoms with van der Waals surface area (Å²) in [4.78, 5) is 4.68. The van der Waals surface area contributed by atoms with Gasteiger partial charge in [0, 0.05) is 17.1 Å². The van der Waals surface area contributed by atoms with Gasteiger partial charge < -0.3 is 9.84 Å². The van der Waals surface area contributed by atoms with E-state index in [2.05, 4.69) is 10.1 Å². The Labute approximate surface area is 136 Å². The van der Waals surface area contributed by atoms with Crippen molar-refractivity contribution in [3.05, 3.63) is 54.2 Å². The van der Waals surface area contributed by atoms with Crippen molar-refractivity contribution in [1.82, 2.24) is 14.6 Å². The summed E-state index contributed by atoms with van der Waals surface area (Å²) in [5, 5.41) is 17.1. The second-order valence-electron chi connectivity index (χ2n) is 5.01. The minimum absolute atomic E-state index is 0.107. The van der Waals surface area contributed by atoms with Crippen molar-refractivity contribution in [2.75, 3.05) is 7.11 Å². The average Bonchev–Trinajstić information content (AvgIpc) is 3.21. The Hall–Kier alpha value is -2.86. The SMILES string of the molecule is COc1ccc(-c2csc(-c3cnn4ccccc34)n2)cc1O. The Balaban J connectivity index is 1.76. The van der Waals surface area contributed by atoms with Crippen LogP contribution in [0.25, 0.3) is 27.3 Å². The van der Waals surface area contributed by atoms with Gasteiger partial charge in [0.2, 0.25) is 0 Å². The first-order valence-electron chi connectivity index (χ1n) is 7.02. The first kappa shape index (κ1) is 13.8. The van der Waals surface area contributed by atoms with Crippen molar-refractivity contribution in [2.45, 2.75) is 0 Å². The van der Waals surface area contributed by atoms with Gasteiger partial charge in [0.25, 0.3) is 0 Å². The van der Waals surface area contributed by atoms with Gasteiger partial charge in [-0.3, -0.25) is 0 Å². The molecule has 0 saturated carbocycles. The number of pyridine rings is 1. The summed E-state index contributed by atoms with van der Waals surface area (Å²) in [5.41, 5.74) is 3.69. The molecule has 0 fully saturated rings. The molecule has 0 aliphatic heterocycles. The summed E-state index contributed by atoms with van der Waals surface area (Å²) >= 11 is 1.56. The van der Waals surface area contributed by atoms with Gasteiger partial charge >= 0.3 is 0 Å². The number of phenols is 1. The Morgan fingerprint density at radius 3 is 2.96 bits per heavy atom. The average molecular weight is 323 g/mol. The molecule has 3 aromatic heterocycles. The predicted molar refractivity (Wildman–Crippen MR) is 90.0 cm³/mol. The Bertz CT molecular complexity index is 990. The number of fused-ring (bicyclic) bond motifs is 1. The lowest BCUT2D eigenvalue weighted by atomic mass is 10.1. The molecule has 1 N–H and O–H groups in total. The second kappa shape index (κ2) is 5.40. The summed E-state index contributed by atoms with van der Waals surface area (Å²) in [6, 6.07) is 11.2. The highest BCUT2D eigenvalue weighted by Crippen LogP contribution is 2.34. The van der Waals surface area contributed by atoms with E-state index in [-0.39, 0.29) is 5.75 Å². The standard InChI is InChI=1S/C17H13N3O2S/c1-22-16-6-5-11(8-15(16)21)13-10-23-17(19-13)12-9-18-20-7-3-2-4-14(12)20/h2-10,21H,1H3. The smallest absolute Gasteiger partial charge is 0.160 e. The van der Waals surface area contributed by atoms with Crippen molar-refractivity contribution >= 4 is 16.9 Å². The highest BCUT2D eigenvalue weighted by atomic mass is 32.1. The van der Waals surface area contributed by atoms with E-state index in [4.69, 9.17) is 4.74 Å². The Kier molecular flexibility index (Phi) is 3.24. The molecule has 0 spiro atoms. The molecule has 1 aromatic carbocycles. The fraction of sp³-hybridized carbons (Fsp3) is 0.0588. The van der Waals surface area contributed by atoms with Crippen LogP contribution in [0.3, 0.4) is 0 Å². The number of rotatable bonds is 3. The van der Waals surface area contributed by atoms with Crippen LogP contribution in [-0.4, -0.2) is 26.8 Å². The van der Waals surface area contributed by atoms with Crippen LogP contribution in [0, 0.1) is 0 Å². The number of phenolic OH excluding ortho intramolecular Hbond substituents is 1. The van der Waals surface area contributed by atoms with Gasteiger partial charge in [-0.1, -0.05) is 6.07 Å². The monoisotopic (exact) mass is 323 g/mol. The van der Waals surface area contributed by atoms with Gasteiger partial charge in [0.1, 0.15) is 5.01 Å². The van der Waals surface area contributed by atoms with Crippen LogP contribution in [0.1, 0.15) is 0 Å². The van der Waals surface area contributed by atoms with Crippen LogP contribution >= 0.6 is 11.3 Å². The zero-order valence-corrected chi connectivity index (χ0v) is 13.1. The third kappa shape index (κ3) is 2.33. The van der Waals surface area contributed by atoms with E-state index >= 15 is 0 Å². The molecule has 4 rings (SSSR count). The Morgan fingerprint density at radius 1 is 1.22 bits per heavy atom. The van der Waals surface area contributed by atoms with Gasteiger partial charge in [0.15, 0.2) is 11.5 Å². The first-order valence-corrected chi connectivity index (χ1v) is 7.90. The maximum absolute atomic E-state index is 9.92. The van der Waals surface area contributed by atoms with E-state index in [1.54, 1.807) is 23.5 Å². The number of aromatic nitrogens is 3. The lowest BCUT2D eigenvalue weighted by Crippen LogP contribution is -1.85. The van der Waals surface area contributed by atoms with Crippen LogP contribution in [-0.2, 0) is 0 Å². The summed E-state index contributed by atoms with van der Waals surface area (Å²) < 4.78 is 6.90. The third-order valence-electron chi connectivity index (χ3n) is 3.64. The summed E-state index contributed by atoms with van der Waals surface area (Å²) in [6.45, 7) is 0. The van der Waals surface area contributed by atoms with E-state index in [0.29, 0.717) is 5.75 Å². The van der Waals surface area contributed by atoms with Crippen molar-refractivity contribution in [3.63, 3.8) is 0 Å². The van der Waals surface area contributed by atoms with Crippen molar-refractivity contribution in [1.29, 1.82) is 0 Å². The minimum atomic E-state index is 0.107. The van der Waals surface area contributed by atoms with Gasteiger partial charge in [-0.15, -0.1) is 11.3 Å². The van der Waals surface area contributed by atoms with E-state index in [9.17, 15) is 5.11 Å². The molecular formula is C17H13N3O2S. The van der Waals surface area contributed by atoms with Crippen LogP contribution in [0.2, 0.25) is 0 Å². The summed E-state index contributed by atoms with van der Waals surface area (Å²) in [6.07, 6.45) is 3.73. The van der Waals surface area contributed by atoms with Gasteiger partial charge in [-0.2, -0.15) is 5.10 Å². The fourth-order valence-corrected chi connectivity index (χ4v) is 3.33. The third-order valence-corrected chi connectivity index (χ3v) is 4.51. The number of hydrogen-bond donors (Lipinski definition) is 1. The second-order valence-corrected chi connectivity index (χ2v) is 5.87. The highest BCUT2D eigenvalue weighted by Gasteiger charge is 2.12. The van der Waals surface area contributed by atoms with Crippen molar-refractivity contribution < 1.29 is 9.84 Å². The van der Waals surface area contributed by atoms with Crippen LogP contribution in [0.4, 0.5) is 0 Å². The molecule has 0 unspecified atom stereocenters. The number of aromatic hydroxyl groups is 1. The van der Waals surface area contributed by atoms with E-state index in [0.717, 1.165) is 27.3 Å². The fourth-order valence-electron chi connectivity index (χ4n) is 2.48. The number of ether oxygens (including phenoxy) is 1. The zero-order valence-electron chi connectivity index (χ0n) is 12.3. The van der Waals surface area contributed by atoms with E-state index < -0.39 is 0 Å². The topological polar surface area (TPSA) is 59.7 Å². The molecule has 114 valence electrons. The van der Waals surface area contributed by atoms with Crippen LogP contribution in [0.5, 0.6) is 11.5 Å². The Morgan fingerprint density at radius 2 is 2.13 bits per heavy atom. The number of methoxy groups -OCH3 is 1. The van der Waals surface area contributed by atoms with Crippen LogP contribution in [0.15, 0.2) is 54.2 Å². The largest absolute Gasteiger partial charge is 0.504 e. The van der Waals surface area contributed by atoms with Crippen molar-refractivity contribution in [2.24, 2.45) is 0 Å². The number of hydrogen-bond acceptors (Lipinski definition) is 5. The molecule has 5 nitrogen and oxygen atoms in total. The van der Waals surface area contributed by atoms with Crippen molar-refractivity contribution in [3.8, 4) is 33.3 Å².